The number of rotatable bonds is 3. The Labute approximate surface area is 171 Å². The first-order valence-corrected chi connectivity index (χ1v) is 10.4. The van der Waals surface area contributed by atoms with Gasteiger partial charge in [-0.3, -0.25) is 4.98 Å². The Morgan fingerprint density at radius 2 is 1.93 bits per heavy atom. The molecule has 4 N–H and O–H groups in total. The van der Waals surface area contributed by atoms with Crippen molar-refractivity contribution in [1.82, 2.24) is 15.0 Å². The third kappa shape index (κ3) is 4.00. The lowest BCUT2D eigenvalue weighted by Crippen LogP contribution is -2.47. The Hall–Kier alpha value is -2.07. The summed E-state index contributed by atoms with van der Waals surface area (Å²) in [6, 6.07) is 3.07. The van der Waals surface area contributed by atoms with Crippen LogP contribution in [0.1, 0.15) is 37.8 Å². The molecule has 2 aliphatic rings. The molecule has 1 saturated carbocycles. The Morgan fingerprint density at radius 1 is 1.17 bits per heavy atom. The van der Waals surface area contributed by atoms with Crippen LogP contribution in [0.25, 0.3) is 0 Å². The second kappa shape index (κ2) is 7.64. The molecular weight excluding hydrogens is 401 g/mol. The van der Waals surface area contributed by atoms with Gasteiger partial charge in [0.2, 0.25) is 0 Å². The number of aromatic nitrogens is 3. The molecule has 4 rings (SSSR count). The Bertz CT molecular complexity index is 882. The molecule has 156 valence electrons. The summed E-state index contributed by atoms with van der Waals surface area (Å²) in [5.41, 5.74) is 11.6. The van der Waals surface area contributed by atoms with E-state index in [-0.39, 0.29) is 27.2 Å². The Morgan fingerprint density at radius 3 is 2.55 bits per heavy atom. The molecule has 0 bridgehead atoms. The largest absolute Gasteiger partial charge is 0.434 e. The van der Waals surface area contributed by atoms with Crippen LogP contribution in [0.5, 0.6) is 0 Å². The molecule has 1 saturated heterocycles. The minimum atomic E-state index is -4.55. The number of hydrogen-bond donors (Lipinski definition) is 2. The molecule has 0 amide bonds. The van der Waals surface area contributed by atoms with Crippen molar-refractivity contribution in [3.63, 3.8) is 0 Å². The number of halogens is 3. The lowest BCUT2D eigenvalue weighted by molar-refractivity contribution is -0.143. The summed E-state index contributed by atoms with van der Waals surface area (Å²) in [7, 11) is 0. The number of anilines is 2. The summed E-state index contributed by atoms with van der Waals surface area (Å²) in [5, 5.41) is 0.235. The highest BCUT2D eigenvalue weighted by molar-refractivity contribution is 7.99. The molecule has 1 spiro atoms. The van der Waals surface area contributed by atoms with Crippen LogP contribution in [-0.2, 0) is 6.18 Å². The fourth-order valence-electron chi connectivity index (χ4n) is 4.37. The van der Waals surface area contributed by atoms with Crippen molar-refractivity contribution in [2.24, 2.45) is 11.1 Å². The van der Waals surface area contributed by atoms with Gasteiger partial charge in [0.25, 0.3) is 0 Å². The van der Waals surface area contributed by atoms with E-state index < -0.39 is 11.9 Å². The van der Waals surface area contributed by atoms with Gasteiger partial charge in [-0.25, -0.2) is 9.97 Å². The second-order valence-corrected chi connectivity index (χ2v) is 8.75. The van der Waals surface area contributed by atoms with E-state index in [1.807, 2.05) is 0 Å². The molecule has 0 radical (unpaired) electrons. The van der Waals surface area contributed by atoms with E-state index in [0.29, 0.717) is 5.82 Å². The second-order valence-electron chi connectivity index (χ2n) is 7.72. The molecule has 0 aromatic carbocycles. The zero-order valence-corrected chi connectivity index (χ0v) is 16.6. The summed E-state index contributed by atoms with van der Waals surface area (Å²) >= 11 is 0.822. The van der Waals surface area contributed by atoms with E-state index in [2.05, 4.69) is 19.9 Å². The summed E-state index contributed by atoms with van der Waals surface area (Å²) in [6.45, 7) is 1.66. The summed E-state index contributed by atoms with van der Waals surface area (Å²) < 4.78 is 39.5. The van der Waals surface area contributed by atoms with Crippen molar-refractivity contribution in [2.45, 2.75) is 54.2 Å². The van der Waals surface area contributed by atoms with Crippen LogP contribution < -0.4 is 16.4 Å². The van der Waals surface area contributed by atoms with Gasteiger partial charge in [-0.1, -0.05) is 18.2 Å². The van der Waals surface area contributed by atoms with Gasteiger partial charge in [0.15, 0.2) is 11.5 Å². The van der Waals surface area contributed by atoms with E-state index >= 15 is 0 Å². The van der Waals surface area contributed by atoms with Gasteiger partial charge in [0.1, 0.15) is 10.8 Å². The van der Waals surface area contributed by atoms with Gasteiger partial charge >= 0.3 is 6.18 Å². The van der Waals surface area contributed by atoms with Crippen molar-refractivity contribution in [3.05, 3.63) is 30.2 Å². The van der Waals surface area contributed by atoms with Gasteiger partial charge in [0, 0.05) is 30.2 Å². The number of alkyl halides is 3. The quantitative estimate of drug-likeness (QED) is 0.775. The fourth-order valence-corrected chi connectivity index (χ4v) is 5.25. The third-order valence-electron chi connectivity index (χ3n) is 6.06. The minimum Gasteiger partial charge on any atom is -0.381 e. The highest BCUT2D eigenvalue weighted by Crippen LogP contribution is 2.46. The van der Waals surface area contributed by atoms with Crippen LogP contribution in [0.2, 0.25) is 0 Å². The van der Waals surface area contributed by atoms with E-state index in [0.717, 1.165) is 50.3 Å². The first-order chi connectivity index (χ1) is 13.8. The predicted octanol–water partition coefficient (Wildman–Crippen LogP) is 3.72. The molecule has 6 nitrogen and oxygen atoms in total. The van der Waals surface area contributed by atoms with E-state index in [9.17, 15) is 13.2 Å². The summed E-state index contributed by atoms with van der Waals surface area (Å²) in [5.74, 6) is 0.762. The maximum Gasteiger partial charge on any atom is 0.434 e. The van der Waals surface area contributed by atoms with Crippen molar-refractivity contribution in [2.75, 3.05) is 23.7 Å². The van der Waals surface area contributed by atoms with Crippen LogP contribution in [0.3, 0.4) is 0 Å². The predicted molar refractivity (Wildman–Crippen MR) is 106 cm³/mol. The standard InChI is InChI=1S/C19H23F3N6S/c20-19(21,22)15-12(3-2-8-25-15)29-17-16(24)27-14(11-26-17)28-9-6-18(7-10-28)5-1-4-13(18)23/h2-3,8,11,13H,1,4-7,9-10,23H2,(H2,24,27). The molecule has 3 heterocycles. The maximum absolute atomic E-state index is 13.2. The van der Waals surface area contributed by atoms with Crippen LogP contribution >= 0.6 is 11.8 Å². The Balaban J connectivity index is 1.48. The van der Waals surface area contributed by atoms with Crippen LogP contribution in [-0.4, -0.2) is 34.1 Å². The number of nitrogens with zero attached hydrogens (tertiary/aromatic N) is 4. The first kappa shape index (κ1) is 20.2. The molecular formula is C19H23F3N6S. The highest BCUT2D eigenvalue weighted by atomic mass is 32.2. The normalized spacial score (nSPS) is 21.7. The lowest BCUT2D eigenvalue weighted by Gasteiger charge is -2.42. The van der Waals surface area contributed by atoms with Crippen LogP contribution in [0.15, 0.2) is 34.4 Å². The molecule has 1 aliphatic carbocycles. The molecule has 2 aromatic rings. The van der Waals surface area contributed by atoms with Gasteiger partial charge in [0.05, 0.1) is 6.20 Å². The highest BCUT2D eigenvalue weighted by Gasteiger charge is 2.43. The number of nitrogen functional groups attached to an aromatic ring is 1. The Kier molecular flexibility index (Phi) is 5.32. The minimum absolute atomic E-state index is 0.0520. The number of hydrogen-bond acceptors (Lipinski definition) is 7. The van der Waals surface area contributed by atoms with Crippen molar-refractivity contribution < 1.29 is 13.2 Å². The van der Waals surface area contributed by atoms with Gasteiger partial charge in [-0.2, -0.15) is 13.2 Å². The molecule has 2 fully saturated rings. The maximum atomic E-state index is 13.2. The van der Waals surface area contributed by atoms with Crippen LogP contribution in [0.4, 0.5) is 24.8 Å². The van der Waals surface area contributed by atoms with E-state index in [1.165, 1.54) is 25.0 Å². The van der Waals surface area contributed by atoms with E-state index in [1.54, 1.807) is 6.20 Å². The van der Waals surface area contributed by atoms with E-state index in [4.69, 9.17) is 11.5 Å². The van der Waals surface area contributed by atoms with Crippen molar-refractivity contribution in [3.8, 4) is 0 Å². The first-order valence-electron chi connectivity index (χ1n) is 9.62. The van der Waals surface area contributed by atoms with Gasteiger partial charge in [-0.05, 0) is 43.2 Å². The molecule has 29 heavy (non-hydrogen) atoms. The molecule has 1 atom stereocenters. The van der Waals surface area contributed by atoms with Crippen LogP contribution in [0, 0.1) is 5.41 Å². The molecule has 1 aliphatic heterocycles. The number of pyridine rings is 1. The molecule has 2 aromatic heterocycles. The topological polar surface area (TPSA) is 94.0 Å². The summed E-state index contributed by atoms with van der Waals surface area (Å²) in [6.07, 6.45) is 3.63. The van der Waals surface area contributed by atoms with Crippen molar-refractivity contribution >= 4 is 23.4 Å². The third-order valence-corrected chi connectivity index (χ3v) is 7.11. The average molecular weight is 424 g/mol. The van der Waals surface area contributed by atoms with Crippen molar-refractivity contribution in [1.29, 1.82) is 0 Å². The van der Waals surface area contributed by atoms with Gasteiger partial charge < -0.3 is 16.4 Å². The average Bonchev–Trinajstić information content (AvgIpc) is 3.03. The zero-order chi connectivity index (χ0) is 20.6. The SMILES string of the molecule is Nc1nc(N2CCC3(CCCC3N)CC2)cnc1Sc1cccnc1C(F)(F)F. The smallest absolute Gasteiger partial charge is 0.381 e. The monoisotopic (exact) mass is 424 g/mol. The lowest BCUT2D eigenvalue weighted by atomic mass is 9.74. The van der Waals surface area contributed by atoms with Gasteiger partial charge in [-0.15, -0.1) is 0 Å². The zero-order valence-electron chi connectivity index (χ0n) is 15.8. The molecule has 10 heteroatoms. The summed E-state index contributed by atoms with van der Waals surface area (Å²) in [4.78, 5) is 14.2. The number of nitrogens with two attached hydrogens (primary N) is 2. The number of piperidine rings is 1. The fraction of sp³-hybridized carbons (Fsp3) is 0.526. The molecule has 1 unspecified atom stereocenters.